The van der Waals surface area contributed by atoms with Gasteiger partial charge in [-0.25, -0.2) is 4.79 Å². The molecule has 3 fully saturated rings. The van der Waals surface area contributed by atoms with Crippen LogP contribution < -0.4 is 4.90 Å². The van der Waals surface area contributed by atoms with E-state index < -0.39 is 5.97 Å². The van der Waals surface area contributed by atoms with Crippen LogP contribution in [0, 0.1) is 23.7 Å². The fourth-order valence-electron chi connectivity index (χ4n) is 4.48. The highest BCUT2D eigenvalue weighted by molar-refractivity contribution is 6.34. The number of rotatable bonds is 2. The van der Waals surface area contributed by atoms with Crippen LogP contribution in [-0.2, 0) is 9.59 Å². The van der Waals surface area contributed by atoms with Crippen molar-refractivity contribution in [1.82, 2.24) is 0 Å². The number of carbonyl (C=O) groups is 3. The van der Waals surface area contributed by atoms with E-state index in [0.29, 0.717) is 17.5 Å². The van der Waals surface area contributed by atoms with Crippen LogP contribution in [0.5, 0.6) is 0 Å². The Morgan fingerprint density at radius 3 is 2.27 bits per heavy atom. The molecule has 3 aliphatic rings. The second-order valence-electron chi connectivity index (χ2n) is 6.37. The molecule has 0 spiro atoms. The molecule has 2 amide bonds. The summed E-state index contributed by atoms with van der Waals surface area (Å²) in [5.74, 6) is -1.34. The van der Waals surface area contributed by atoms with Crippen molar-refractivity contribution in [2.75, 3.05) is 4.90 Å². The number of carbonyl (C=O) groups excluding carboxylic acids is 2. The Balaban J connectivity index is 1.75. The molecule has 6 heteroatoms. The number of hydrogen-bond acceptors (Lipinski definition) is 3. The lowest BCUT2D eigenvalue weighted by molar-refractivity contribution is -0.123. The van der Waals surface area contributed by atoms with Gasteiger partial charge in [0.1, 0.15) is 0 Å². The molecular weight excluding hydrogens is 306 g/mol. The van der Waals surface area contributed by atoms with Crippen LogP contribution in [0.25, 0.3) is 0 Å². The summed E-state index contributed by atoms with van der Waals surface area (Å²) < 4.78 is 0. The number of amides is 2. The highest BCUT2D eigenvalue weighted by Gasteiger charge is 2.61. The maximum Gasteiger partial charge on any atom is 0.337 e. The molecule has 22 heavy (non-hydrogen) atoms. The van der Waals surface area contributed by atoms with Crippen LogP contribution in [0.1, 0.15) is 29.6 Å². The van der Waals surface area contributed by atoms with Gasteiger partial charge >= 0.3 is 5.97 Å². The Labute approximate surface area is 131 Å². The molecule has 1 N–H and O–H groups in total. The van der Waals surface area contributed by atoms with E-state index in [-0.39, 0.29) is 34.2 Å². The number of imide groups is 1. The van der Waals surface area contributed by atoms with Gasteiger partial charge in [-0.05, 0) is 49.3 Å². The van der Waals surface area contributed by atoms with Gasteiger partial charge < -0.3 is 5.11 Å². The van der Waals surface area contributed by atoms with Gasteiger partial charge in [0.05, 0.1) is 28.1 Å². The summed E-state index contributed by atoms with van der Waals surface area (Å²) >= 11 is 5.85. The zero-order valence-corrected chi connectivity index (χ0v) is 12.4. The third-order valence-electron chi connectivity index (χ3n) is 5.37. The number of aromatic carboxylic acids is 1. The van der Waals surface area contributed by atoms with Crippen LogP contribution in [0.15, 0.2) is 18.2 Å². The summed E-state index contributed by atoms with van der Waals surface area (Å²) in [5.41, 5.74) is 0.213. The lowest BCUT2D eigenvalue weighted by atomic mass is 9.81. The number of hydrogen-bond donors (Lipinski definition) is 1. The summed E-state index contributed by atoms with van der Waals surface area (Å²) in [6, 6.07) is 4.26. The van der Waals surface area contributed by atoms with Crippen molar-refractivity contribution < 1.29 is 19.5 Å². The highest BCUT2D eigenvalue weighted by Crippen LogP contribution is 2.56. The topological polar surface area (TPSA) is 74.7 Å². The van der Waals surface area contributed by atoms with Gasteiger partial charge in [0.25, 0.3) is 0 Å². The van der Waals surface area contributed by atoms with Crippen molar-refractivity contribution in [3.63, 3.8) is 0 Å². The third kappa shape index (κ3) is 1.69. The number of carboxylic acid groups (broad SMARTS) is 1. The van der Waals surface area contributed by atoms with E-state index in [4.69, 9.17) is 16.7 Å². The number of anilines is 1. The third-order valence-corrected chi connectivity index (χ3v) is 5.70. The number of fused-ring (bicyclic) bond motifs is 5. The first-order valence-electron chi connectivity index (χ1n) is 7.39. The normalized spacial score (nSPS) is 32.7. The molecule has 0 aromatic heterocycles. The molecular formula is C16H14ClNO4. The molecule has 0 unspecified atom stereocenters. The second kappa shape index (κ2) is 4.56. The zero-order valence-electron chi connectivity index (χ0n) is 11.7. The van der Waals surface area contributed by atoms with Crippen molar-refractivity contribution in [3.05, 3.63) is 28.8 Å². The highest BCUT2D eigenvalue weighted by atomic mass is 35.5. The van der Waals surface area contributed by atoms with Crippen molar-refractivity contribution in [2.24, 2.45) is 23.7 Å². The van der Waals surface area contributed by atoms with E-state index >= 15 is 0 Å². The molecule has 114 valence electrons. The fraction of sp³-hybridized carbons (Fsp3) is 0.438. The molecule has 1 aliphatic heterocycles. The van der Waals surface area contributed by atoms with E-state index in [9.17, 15) is 14.4 Å². The van der Waals surface area contributed by atoms with Crippen LogP contribution in [-0.4, -0.2) is 22.9 Å². The van der Waals surface area contributed by atoms with Crippen molar-refractivity contribution in [2.45, 2.75) is 19.3 Å². The minimum absolute atomic E-state index is 0.0932. The smallest absolute Gasteiger partial charge is 0.337 e. The Morgan fingerprint density at radius 2 is 1.73 bits per heavy atom. The fourth-order valence-corrected chi connectivity index (χ4v) is 4.68. The largest absolute Gasteiger partial charge is 0.478 e. The zero-order chi connectivity index (χ0) is 15.6. The first kappa shape index (κ1) is 13.8. The Morgan fingerprint density at radius 1 is 1.14 bits per heavy atom. The van der Waals surface area contributed by atoms with Gasteiger partial charge in [-0.1, -0.05) is 11.6 Å². The first-order chi connectivity index (χ1) is 10.5. The summed E-state index contributed by atoms with van der Waals surface area (Å²) in [6.45, 7) is 0. The van der Waals surface area contributed by atoms with E-state index in [0.717, 1.165) is 19.3 Å². The van der Waals surface area contributed by atoms with E-state index in [1.807, 2.05) is 0 Å². The van der Waals surface area contributed by atoms with Crippen LogP contribution in [0.4, 0.5) is 5.69 Å². The average molecular weight is 320 g/mol. The molecule has 0 radical (unpaired) electrons. The molecule has 1 aromatic rings. The molecule has 2 aliphatic carbocycles. The maximum atomic E-state index is 12.7. The molecule has 4 atom stereocenters. The minimum atomic E-state index is -1.17. The molecule has 2 bridgehead atoms. The number of carboxylic acids is 1. The molecule has 1 saturated heterocycles. The SMILES string of the molecule is O=C(O)c1cc(N2C(=O)[C@@H]3[C@H]4CC[C@@H](C4)[C@H]3C2=O)ccc1Cl. The van der Waals surface area contributed by atoms with Gasteiger partial charge in [0.2, 0.25) is 11.8 Å². The minimum Gasteiger partial charge on any atom is -0.478 e. The second-order valence-corrected chi connectivity index (χ2v) is 6.77. The number of nitrogens with zero attached hydrogens (tertiary/aromatic N) is 1. The van der Waals surface area contributed by atoms with Gasteiger partial charge in [0.15, 0.2) is 0 Å². The Bertz CT molecular complexity index is 688. The molecule has 5 nitrogen and oxygen atoms in total. The lowest BCUT2D eigenvalue weighted by Gasteiger charge is -2.19. The maximum absolute atomic E-state index is 12.7. The standard InChI is InChI=1S/C16H14ClNO4/c17-11-4-3-9(6-10(11)16(21)22)18-14(19)12-7-1-2-8(5-7)13(12)15(18)20/h3-4,6-8,12-13H,1-2,5H2,(H,21,22)/t7-,8-,12+,13+/m0/s1. The van der Waals surface area contributed by atoms with Gasteiger partial charge in [-0.2, -0.15) is 0 Å². The predicted octanol–water partition coefficient (Wildman–Crippen LogP) is 2.57. The van der Waals surface area contributed by atoms with Gasteiger partial charge in [0, 0.05) is 0 Å². The molecule has 1 aromatic carbocycles. The Hall–Kier alpha value is -1.88. The van der Waals surface area contributed by atoms with Crippen LogP contribution in [0.2, 0.25) is 5.02 Å². The quantitative estimate of drug-likeness (QED) is 0.850. The van der Waals surface area contributed by atoms with Crippen molar-refractivity contribution in [3.8, 4) is 0 Å². The molecule has 2 saturated carbocycles. The first-order valence-corrected chi connectivity index (χ1v) is 7.77. The van der Waals surface area contributed by atoms with E-state index in [2.05, 4.69) is 0 Å². The lowest BCUT2D eigenvalue weighted by Crippen LogP contribution is -2.32. The molecule has 4 rings (SSSR count). The van der Waals surface area contributed by atoms with Crippen LogP contribution in [0.3, 0.4) is 0 Å². The monoisotopic (exact) mass is 319 g/mol. The summed E-state index contributed by atoms with van der Waals surface area (Å²) in [7, 11) is 0. The Kier molecular flexibility index (Phi) is 2.85. The molecule has 1 heterocycles. The van der Waals surface area contributed by atoms with E-state index in [1.54, 1.807) is 0 Å². The van der Waals surface area contributed by atoms with Crippen molar-refractivity contribution in [1.29, 1.82) is 0 Å². The summed E-state index contributed by atoms with van der Waals surface area (Å²) in [6.07, 6.45) is 3.00. The van der Waals surface area contributed by atoms with Crippen LogP contribution >= 0.6 is 11.6 Å². The summed E-state index contributed by atoms with van der Waals surface area (Å²) in [5, 5.41) is 9.24. The van der Waals surface area contributed by atoms with Crippen molar-refractivity contribution >= 4 is 35.1 Å². The number of benzene rings is 1. The summed E-state index contributed by atoms with van der Waals surface area (Å²) in [4.78, 5) is 37.7. The predicted molar refractivity (Wildman–Crippen MR) is 78.7 cm³/mol. The van der Waals surface area contributed by atoms with E-state index in [1.165, 1.54) is 23.1 Å². The average Bonchev–Trinajstić information content (AvgIpc) is 3.14. The number of halogens is 1. The van der Waals surface area contributed by atoms with Gasteiger partial charge in [-0.3, -0.25) is 14.5 Å². The van der Waals surface area contributed by atoms with Gasteiger partial charge in [-0.15, -0.1) is 0 Å².